The van der Waals surface area contributed by atoms with Crippen LogP contribution in [0.25, 0.3) is 9.88 Å². The van der Waals surface area contributed by atoms with Crippen LogP contribution in [0.5, 0.6) is 5.75 Å². The Balaban J connectivity index is 2.31. The molecule has 0 aliphatic carbocycles. The van der Waals surface area contributed by atoms with E-state index in [2.05, 4.69) is 10.2 Å². The van der Waals surface area contributed by atoms with Gasteiger partial charge in [0.05, 0.1) is 13.2 Å². The third-order valence-corrected chi connectivity index (χ3v) is 4.35. The highest BCUT2D eigenvalue weighted by atomic mass is 32.1. The number of nitrogens with zero attached hydrogens (tertiary/aromatic N) is 2. The molecule has 86 valence electrons. The van der Waals surface area contributed by atoms with Crippen molar-refractivity contribution >= 4 is 22.7 Å². The fraction of sp³-hybridized carbons (Fsp3) is 0.400. The third kappa shape index (κ3) is 2.09. The van der Waals surface area contributed by atoms with Crippen LogP contribution in [0.1, 0.15) is 24.4 Å². The predicted molar refractivity (Wildman–Crippen MR) is 67.0 cm³/mol. The zero-order chi connectivity index (χ0) is 11.5. The van der Waals surface area contributed by atoms with E-state index in [9.17, 15) is 0 Å². The molecule has 0 bridgehead atoms. The van der Waals surface area contributed by atoms with E-state index in [1.807, 2.05) is 18.4 Å². The van der Waals surface area contributed by atoms with Crippen LogP contribution in [0, 0.1) is 0 Å². The Morgan fingerprint density at radius 2 is 2.31 bits per heavy atom. The van der Waals surface area contributed by atoms with Crippen molar-refractivity contribution in [1.29, 1.82) is 0 Å². The van der Waals surface area contributed by atoms with Gasteiger partial charge in [-0.1, -0.05) is 18.3 Å². The first kappa shape index (κ1) is 11.5. The quantitative estimate of drug-likeness (QED) is 0.912. The molecule has 2 N–H and O–H groups in total. The minimum atomic E-state index is -0.0165. The molecule has 2 heterocycles. The molecular weight excluding hydrogens is 242 g/mol. The molecule has 2 aromatic heterocycles. The number of rotatable bonds is 4. The molecule has 2 aromatic rings. The number of thiophene rings is 1. The molecular formula is C10H13N3OS2. The lowest BCUT2D eigenvalue weighted by atomic mass is 10.3. The molecule has 0 saturated heterocycles. The summed E-state index contributed by atoms with van der Waals surface area (Å²) < 4.78 is 5.25. The second kappa shape index (κ2) is 4.90. The van der Waals surface area contributed by atoms with Crippen molar-refractivity contribution in [2.45, 2.75) is 19.4 Å². The Bertz CT molecular complexity index is 466. The molecule has 0 aromatic carbocycles. The Morgan fingerprint density at radius 3 is 3.00 bits per heavy atom. The van der Waals surface area contributed by atoms with Crippen molar-refractivity contribution in [3.8, 4) is 15.6 Å². The molecule has 0 spiro atoms. The summed E-state index contributed by atoms with van der Waals surface area (Å²) in [5, 5.41) is 12.0. The van der Waals surface area contributed by atoms with E-state index in [1.54, 1.807) is 18.4 Å². The summed E-state index contributed by atoms with van der Waals surface area (Å²) in [6.45, 7) is 2.04. The van der Waals surface area contributed by atoms with Gasteiger partial charge in [0.2, 0.25) is 0 Å². The highest BCUT2D eigenvalue weighted by Gasteiger charge is 2.15. The zero-order valence-corrected chi connectivity index (χ0v) is 10.8. The maximum absolute atomic E-state index is 5.91. The summed E-state index contributed by atoms with van der Waals surface area (Å²) in [5.41, 5.74) is 5.91. The largest absolute Gasteiger partial charge is 0.495 e. The monoisotopic (exact) mass is 255 g/mol. The SMILES string of the molecule is CCC(N)c1nnc(-c2sccc2OC)s1. The van der Waals surface area contributed by atoms with E-state index in [-0.39, 0.29) is 6.04 Å². The van der Waals surface area contributed by atoms with Gasteiger partial charge in [0.1, 0.15) is 15.6 Å². The van der Waals surface area contributed by atoms with Crippen LogP contribution in [-0.4, -0.2) is 17.3 Å². The summed E-state index contributed by atoms with van der Waals surface area (Å²) in [5.74, 6) is 0.845. The molecule has 0 aliphatic rings. The van der Waals surface area contributed by atoms with Crippen LogP contribution in [0.3, 0.4) is 0 Å². The summed E-state index contributed by atoms with van der Waals surface area (Å²) >= 11 is 3.14. The van der Waals surface area contributed by atoms with Gasteiger partial charge >= 0.3 is 0 Å². The van der Waals surface area contributed by atoms with Crippen molar-refractivity contribution in [3.63, 3.8) is 0 Å². The average molecular weight is 255 g/mol. The average Bonchev–Trinajstić information content (AvgIpc) is 2.95. The van der Waals surface area contributed by atoms with Gasteiger partial charge in [0.25, 0.3) is 0 Å². The van der Waals surface area contributed by atoms with Crippen molar-refractivity contribution in [2.75, 3.05) is 7.11 Å². The highest BCUT2D eigenvalue weighted by molar-refractivity contribution is 7.21. The molecule has 0 radical (unpaired) electrons. The zero-order valence-electron chi connectivity index (χ0n) is 9.14. The molecule has 2 rings (SSSR count). The number of hydrogen-bond donors (Lipinski definition) is 1. The van der Waals surface area contributed by atoms with E-state index < -0.39 is 0 Å². The first-order chi connectivity index (χ1) is 7.76. The Kier molecular flexibility index (Phi) is 3.52. The van der Waals surface area contributed by atoms with Gasteiger partial charge < -0.3 is 10.5 Å². The van der Waals surface area contributed by atoms with Gasteiger partial charge in [-0.2, -0.15) is 0 Å². The van der Waals surface area contributed by atoms with Crippen LogP contribution in [0.4, 0.5) is 0 Å². The molecule has 6 heteroatoms. The van der Waals surface area contributed by atoms with E-state index >= 15 is 0 Å². The van der Waals surface area contributed by atoms with Gasteiger partial charge in [-0.15, -0.1) is 21.5 Å². The number of hydrogen-bond acceptors (Lipinski definition) is 6. The molecule has 0 amide bonds. The number of nitrogens with two attached hydrogens (primary N) is 1. The molecule has 1 unspecified atom stereocenters. The summed E-state index contributed by atoms with van der Waals surface area (Å²) in [6.07, 6.45) is 0.871. The molecule has 0 aliphatic heterocycles. The van der Waals surface area contributed by atoms with Gasteiger partial charge in [-0.05, 0) is 17.9 Å². The maximum Gasteiger partial charge on any atom is 0.161 e. The Morgan fingerprint density at radius 1 is 1.50 bits per heavy atom. The summed E-state index contributed by atoms with van der Waals surface area (Å²) in [6, 6.07) is 1.91. The van der Waals surface area contributed by atoms with Gasteiger partial charge in [0, 0.05) is 0 Å². The van der Waals surface area contributed by atoms with E-state index in [1.165, 1.54) is 11.3 Å². The standard InChI is InChI=1S/C10H13N3OS2/c1-3-6(11)9-12-13-10(16-9)8-7(14-2)4-5-15-8/h4-6H,3,11H2,1-2H3. The van der Waals surface area contributed by atoms with Crippen molar-refractivity contribution in [2.24, 2.45) is 5.73 Å². The fourth-order valence-corrected chi connectivity index (χ4v) is 3.14. The fourth-order valence-electron chi connectivity index (χ4n) is 1.26. The second-order valence-electron chi connectivity index (χ2n) is 3.28. The Labute approximate surface area is 102 Å². The van der Waals surface area contributed by atoms with Crippen LogP contribution < -0.4 is 10.5 Å². The third-order valence-electron chi connectivity index (χ3n) is 2.24. The predicted octanol–water partition coefficient (Wildman–Crippen LogP) is 2.69. The first-order valence-electron chi connectivity index (χ1n) is 4.97. The molecule has 1 atom stereocenters. The van der Waals surface area contributed by atoms with Crippen molar-refractivity contribution < 1.29 is 4.74 Å². The summed E-state index contributed by atoms with van der Waals surface area (Å²) in [4.78, 5) is 1.02. The smallest absolute Gasteiger partial charge is 0.161 e. The van der Waals surface area contributed by atoms with Crippen LogP contribution in [-0.2, 0) is 0 Å². The van der Waals surface area contributed by atoms with E-state index in [0.717, 1.165) is 27.1 Å². The van der Waals surface area contributed by atoms with Crippen molar-refractivity contribution in [3.05, 3.63) is 16.5 Å². The van der Waals surface area contributed by atoms with Gasteiger partial charge in [-0.3, -0.25) is 0 Å². The van der Waals surface area contributed by atoms with Gasteiger partial charge in [0.15, 0.2) is 5.01 Å². The first-order valence-corrected chi connectivity index (χ1v) is 6.66. The molecule has 16 heavy (non-hydrogen) atoms. The normalized spacial score (nSPS) is 12.7. The minimum Gasteiger partial charge on any atom is -0.495 e. The maximum atomic E-state index is 5.91. The highest BCUT2D eigenvalue weighted by Crippen LogP contribution is 2.37. The lowest BCUT2D eigenvalue weighted by Gasteiger charge is -2.00. The number of methoxy groups -OCH3 is 1. The molecule has 4 nitrogen and oxygen atoms in total. The van der Waals surface area contributed by atoms with Gasteiger partial charge in [-0.25, -0.2) is 0 Å². The summed E-state index contributed by atoms with van der Waals surface area (Å²) in [7, 11) is 1.66. The topological polar surface area (TPSA) is 61.0 Å². The second-order valence-corrected chi connectivity index (χ2v) is 5.20. The Hall–Kier alpha value is -0.980. The molecule has 0 fully saturated rings. The van der Waals surface area contributed by atoms with E-state index in [0.29, 0.717) is 0 Å². The van der Waals surface area contributed by atoms with Crippen LogP contribution in [0.15, 0.2) is 11.4 Å². The number of aromatic nitrogens is 2. The number of ether oxygens (including phenoxy) is 1. The van der Waals surface area contributed by atoms with Crippen LogP contribution >= 0.6 is 22.7 Å². The lowest BCUT2D eigenvalue weighted by molar-refractivity contribution is 0.418. The van der Waals surface area contributed by atoms with Crippen molar-refractivity contribution in [1.82, 2.24) is 10.2 Å². The van der Waals surface area contributed by atoms with Crippen LogP contribution in [0.2, 0.25) is 0 Å². The molecule has 0 saturated carbocycles. The lowest BCUT2D eigenvalue weighted by Crippen LogP contribution is -2.07. The van der Waals surface area contributed by atoms with E-state index in [4.69, 9.17) is 10.5 Å². The minimum absolute atomic E-state index is 0.0165.